The molecule has 2 rings (SSSR count). The molecule has 0 heterocycles. The molecule has 5 atom stereocenters. The van der Waals surface area contributed by atoms with Crippen molar-refractivity contribution >= 4 is 0 Å². The van der Waals surface area contributed by atoms with Crippen LogP contribution >= 0.6 is 0 Å². The summed E-state index contributed by atoms with van der Waals surface area (Å²) in [7, 11) is 0. The Morgan fingerprint density at radius 2 is 1.58 bits per heavy atom. The van der Waals surface area contributed by atoms with Gasteiger partial charge >= 0.3 is 0 Å². The van der Waals surface area contributed by atoms with E-state index in [4.69, 9.17) is 0 Å². The van der Waals surface area contributed by atoms with E-state index in [9.17, 15) is 0 Å². The van der Waals surface area contributed by atoms with Gasteiger partial charge in [0, 0.05) is 0 Å². The van der Waals surface area contributed by atoms with Crippen molar-refractivity contribution in [1.82, 2.24) is 0 Å². The standard InChI is InChI=1S/C24H46/c1-6-7-8-9-10-11-16-24(5,19(2)3)20(4)12-13-21-14-15-22-18-23(22)17-21/h19-23H,6-18H2,1-5H3. The molecule has 0 nitrogen and oxygen atoms in total. The van der Waals surface area contributed by atoms with Crippen molar-refractivity contribution in [2.75, 3.05) is 0 Å². The van der Waals surface area contributed by atoms with E-state index in [1.807, 2.05) is 0 Å². The van der Waals surface area contributed by atoms with Crippen LogP contribution in [-0.2, 0) is 0 Å². The van der Waals surface area contributed by atoms with Gasteiger partial charge in [0.15, 0.2) is 0 Å². The van der Waals surface area contributed by atoms with Crippen LogP contribution in [0.3, 0.4) is 0 Å². The molecule has 0 heteroatoms. The number of rotatable bonds is 12. The second-order valence-electron chi connectivity index (χ2n) is 10.1. The Morgan fingerprint density at radius 3 is 2.25 bits per heavy atom. The first-order valence-corrected chi connectivity index (χ1v) is 11.5. The summed E-state index contributed by atoms with van der Waals surface area (Å²) in [4.78, 5) is 0. The fraction of sp³-hybridized carbons (Fsp3) is 1.00. The Morgan fingerprint density at radius 1 is 0.875 bits per heavy atom. The van der Waals surface area contributed by atoms with Crippen LogP contribution in [0.25, 0.3) is 0 Å². The number of unbranched alkanes of at least 4 members (excludes halogenated alkanes) is 5. The fourth-order valence-corrected chi connectivity index (χ4v) is 5.42. The molecule has 0 aromatic heterocycles. The average Bonchev–Trinajstić information content (AvgIpc) is 3.34. The van der Waals surface area contributed by atoms with Crippen molar-refractivity contribution in [3.8, 4) is 0 Å². The maximum atomic E-state index is 2.60. The highest BCUT2D eigenvalue weighted by atomic mass is 14.5. The van der Waals surface area contributed by atoms with E-state index in [0.29, 0.717) is 5.41 Å². The van der Waals surface area contributed by atoms with Crippen LogP contribution in [-0.4, -0.2) is 0 Å². The summed E-state index contributed by atoms with van der Waals surface area (Å²) in [6.07, 6.45) is 19.3. The molecular weight excluding hydrogens is 288 g/mol. The van der Waals surface area contributed by atoms with Gasteiger partial charge in [0.2, 0.25) is 0 Å². The first-order valence-electron chi connectivity index (χ1n) is 11.5. The second kappa shape index (κ2) is 9.63. The molecule has 24 heavy (non-hydrogen) atoms. The van der Waals surface area contributed by atoms with Crippen LogP contribution in [0.15, 0.2) is 0 Å². The Labute approximate surface area is 153 Å². The minimum atomic E-state index is 0.557. The van der Waals surface area contributed by atoms with Gasteiger partial charge in [-0.1, -0.05) is 86.0 Å². The lowest BCUT2D eigenvalue weighted by Gasteiger charge is -2.41. The summed E-state index contributed by atoms with van der Waals surface area (Å²) in [5.41, 5.74) is 0.557. The third-order valence-electron chi connectivity index (χ3n) is 8.17. The predicted octanol–water partition coefficient (Wildman–Crippen LogP) is 8.25. The lowest BCUT2D eigenvalue weighted by atomic mass is 9.65. The molecule has 2 fully saturated rings. The number of hydrogen-bond acceptors (Lipinski definition) is 0. The van der Waals surface area contributed by atoms with Crippen LogP contribution in [0.1, 0.15) is 118 Å². The highest BCUT2D eigenvalue weighted by Gasteiger charge is 2.42. The maximum Gasteiger partial charge on any atom is -0.0277 e. The monoisotopic (exact) mass is 334 g/mol. The zero-order valence-corrected chi connectivity index (χ0v) is 17.6. The van der Waals surface area contributed by atoms with Gasteiger partial charge < -0.3 is 0 Å². The average molecular weight is 335 g/mol. The summed E-state index contributed by atoms with van der Waals surface area (Å²) >= 11 is 0. The van der Waals surface area contributed by atoms with Crippen molar-refractivity contribution in [1.29, 1.82) is 0 Å². The van der Waals surface area contributed by atoms with Crippen LogP contribution in [0.2, 0.25) is 0 Å². The third-order valence-corrected chi connectivity index (χ3v) is 8.17. The van der Waals surface area contributed by atoms with Gasteiger partial charge in [-0.25, -0.2) is 0 Å². The molecule has 0 N–H and O–H groups in total. The maximum absolute atomic E-state index is 2.60. The normalized spacial score (nSPS) is 30.0. The smallest absolute Gasteiger partial charge is 0.0277 e. The molecule has 0 aliphatic heterocycles. The van der Waals surface area contributed by atoms with Gasteiger partial charge in [-0.05, 0) is 67.1 Å². The SMILES string of the molecule is CCCCCCCCC(C)(C(C)C)C(C)CCC1CCC2CC2C1. The van der Waals surface area contributed by atoms with Crippen molar-refractivity contribution in [2.45, 2.75) is 118 Å². The van der Waals surface area contributed by atoms with Gasteiger partial charge in [0.25, 0.3) is 0 Å². The molecular formula is C24H46. The van der Waals surface area contributed by atoms with Crippen LogP contribution in [0, 0.1) is 35.0 Å². The summed E-state index contributed by atoms with van der Waals surface area (Å²) in [5, 5.41) is 0. The molecule has 0 spiro atoms. The molecule has 0 radical (unpaired) electrons. The quantitative estimate of drug-likeness (QED) is 0.315. The molecule has 5 unspecified atom stereocenters. The van der Waals surface area contributed by atoms with Crippen LogP contribution < -0.4 is 0 Å². The molecule has 2 saturated carbocycles. The van der Waals surface area contributed by atoms with E-state index in [-0.39, 0.29) is 0 Å². The number of fused-ring (bicyclic) bond motifs is 1. The Balaban J connectivity index is 1.70. The van der Waals surface area contributed by atoms with Gasteiger partial charge in [-0.15, -0.1) is 0 Å². The summed E-state index contributed by atoms with van der Waals surface area (Å²) in [6.45, 7) is 12.4. The summed E-state index contributed by atoms with van der Waals surface area (Å²) < 4.78 is 0. The fourth-order valence-electron chi connectivity index (χ4n) is 5.42. The van der Waals surface area contributed by atoms with E-state index in [0.717, 1.165) is 29.6 Å². The van der Waals surface area contributed by atoms with E-state index in [1.165, 1.54) is 57.8 Å². The molecule has 142 valence electrons. The molecule has 0 saturated heterocycles. The van der Waals surface area contributed by atoms with Gasteiger partial charge in [0.1, 0.15) is 0 Å². The largest absolute Gasteiger partial charge is 0.0654 e. The van der Waals surface area contributed by atoms with E-state index in [2.05, 4.69) is 34.6 Å². The number of hydrogen-bond donors (Lipinski definition) is 0. The van der Waals surface area contributed by atoms with Gasteiger partial charge in [0.05, 0.1) is 0 Å². The molecule has 2 aliphatic rings. The molecule has 0 aromatic carbocycles. The van der Waals surface area contributed by atoms with Crippen molar-refractivity contribution in [3.05, 3.63) is 0 Å². The third kappa shape index (κ3) is 5.77. The molecule has 0 amide bonds. The van der Waals surface area contributed by atoms with Crippen molar-refractivity contribution in [3.63, 3.8) is 0 Å². The van der Waals surface area contributed by atoms with Gasteiger partial charge in [-0.3, -0.25) is 0 Å². The Hall–Kier alpha value is 0. The first kappa shape index (κ1) is 20.3. The lowest BCUT2D eigenvalue weighted by molar-refractivity contribution is 0.0930. The topological polar surface area (TPSA) is 0 Å². The predicted molar refractivity (Wildman–Crippen MR) is 108 cm³/mol. The zero-order chi connectivity index (χ0) is 17.6. The van der Waals surface area contributed by atoms with Crippen LogP contribution in [0.4, 0.5) is 0 Å². The Bertz CT molecular complexity index is 344. The molecule has 0 aromatic rings. The minimum absolute atomic E-state index is 0.557. The van der Waals surface area contributed by atoms with E-state index >= 15 is 0 Å². The summed E-state index contributed by atoms with van der Waals surface area (Å²) in [6, 6.07) is 0. The Kier molecular flexibility index (Phi) is 8.15. The second-order valence-corrected chi connectivity index (χ2v) is 10.1. The van der Waals surface area contributed by atoms with Crippen molar-refractivity contribution in [2.24, 2.45) is 35.0 Å². The molecule has 2 aliphatic carbocycles. The van der Waals surface area contributed by atoms with Crippen LogP contribution in [0.5, 0.6) is 0 Å². The van der Waals surface area contributed by atoms with E-state index < -0.39 is 0 Å². The first-order chi connectivity index (χ1) is 11.5. The lowest BCUT2D eigenvalue weighted by Crippen LogP contribution is -2.31. The summed E-state index contributed by atoms with van der Waals surface area (Å²) in [5.74, 6) is 5.10. The highest BCUT2D eigenvalue weighted by molar-refractivity contribution is 4.92. The van der Waals surface area contributed by atoms with Gasteiger partial charge in [-0.2, -0.15) is 0 Å². The van der Waals surface area contributed by atoms with Crippen molar-refractivity contribution < 1.29 is 0 Å². The highest BCUT2D eigenvalue weighted by Crippen LogP contribution is 2.53. The zero-order valence-electron chi connectivity index (χ0n) is 17.6. The van der Waals surface area contributed by atoms with E-state index in [1.54, 1.807) is 25.7 Å². The minimum Gasteiger partial charge on any atom is -0.0654 e. The molecule has 0 bridgehead atoms.